The molecule has 0 amide bonds. The number of hydrazone groups is 1. The van der Waals surface area contributed by atoms with E-state index >= 15 is 0 Å². The van der Waals surface area contributed by atoms with Gasteiger partial charge in [-0.3, -0.25) is 0 Å². The van der Waals surface area contributed by atoms with Crippen LogP contribution >= 0.6 is 0 Å². The molecule has 1 heterocycles. The van der Waals surface area contributed by atoms with Crippen LogP contribution in [0, 0.1) is 5.92 Å². The van der Waals surface area contributed by atoms with E-state index in [0.717, 1.165) is 0 Å². The Morgan fingerprint density at radius 2 is 1.87 bits per heavy atom. The van der Waals surface area contributed by atoms with E-state index in [1.807, 2.05) is 0 Å². The minimum atomic E-state index is -5.15. The van der Waals surface area contributed by atoms with E-state index in [1.165, 1.54) is 24.3 Å². The number of benzene rings is 1. The van der Waals surface area contributed by atoms with Gasteiger partial charge in [-0.25, -0.2) is 0 Å². The fourth-order valence-corrected chi connectivity index (χ4v) is 4.62. The Morgan fingerprint density at radius 3 is 2.48 bits per heavy atom. The van der Waals surface area contributed by atoms with Crippen molar-refractivity contribution in [1.29, 1.82) is 0 Å². The van der Waals surface area contributed by atoms with E-state index in [-0.39, 0.29) is 27.9 Å². The first-order chi connectivity index (χ1) is 10.7. The summed E-state index contributed by atoms with van der Waals surface area (Å²) in [6, 6.07) is 6.69. The highest BCUT2D eigenvalue weighted by Crippen LogP contribution is 2.49. The number of fused-ring (bicyclic) bond motifs is 1. The van der Waals surface area contributed by atoms with Gasteiger partial charge in [0.05, 0.1) is 10.8 Å². The molecule has 0 spiro atoms. The summed E-state index contributed by atoms with van der Waals surface area (Å²) >= 11 is 0. The Hall–Kier alpha value is -1.61. The van der Waals surface area contributed by atoms with Crippen molar-refractivity contribution >= 4 is 15.7 Å². The van der Waals surface area contributed by atoms with Crippen LogP contribution in [-0.4, -0.2) is 35.6 Å². The van der Waals surface area contributed by atoms with Gasteiger partial charge in [0.2, 0.25) is 0 Å². The number of rotatable bonds is 2. The summed E-state index contributed by atoms with van der Waals surface area (Å²) in [4.78, 5) is -0.342. The molecule has 3 rings (SSSR count). The zero-order chi connectivity index (χ0) is 16.9. The van der Waals surface area contributed by atoms with Crippen LogP contribution in [0.4, 0.5) is 13.2 Å². The Bertz CT molecular complexity index is 733. The van der Waals surface area contributed by atoms with Crippen molar-refractivity contribution in [3.8, 4) is 0 Å². The smallest absolute Gasteiger partial charge is 0.361 e. The number of nitrogens with zero attached hydrogens (tertiary/aromatic N) is 2. The van der Waals surface area contributed by atoms with Gasteiger partial charge in [-0.15, -0.1) is 4.41 Å². The van der Waals surface area contributed by atoms with Gasteiger partial charge in [-0.05, 0) is 31.4 Å². The third kappa shape index (κ3) is 2.33. The molecule has 0 saturated heterocycles. The zero-order valence-electron chi connectivity index (χ0n) is 12.0. The first-order valence-electron chi connectivity index (χ1n) is 7.16. The van der Waals surface area contributed by atoms with E-state index in [4.69, 9.17) is 0 Å². The summed E-state index contributed by atoms with van der Waals surface area (Å²) in [5.74, 6) is -1.35. The molecular weight excluding hydrogens is 333 g/mol. The van der Waals surface area contributed by atoms with Crippen molar-refractivity contribution in [1.82, 2.24) is 4.41 Å². The number of alkyl halides is 3. The van der Waals surface area contributed by atoms with Crippen molar-refractivity contribution in [2.24, 2.45) is 11.0 Å². The second-order valence-electron chi connectivity index (χ2n) is 5.67. The van der Waals surface area contributed by atoms with Gasteiger partial charge in [0.1, 0.15) is 0 Å². The summed E-state index contributed by atoms with van der Waals surface area (Å²) in [5, 5.41) is 14.1. The molecule has 2 atom stereocenters. The van der Waals surface area contributed by atoms with Crippen LogP contribution in [0.25, 0.3) is 0 Å². The fraction of sp³-hybridized carbons (Fsp3) is 0.500. The monoisotopic (exact) mass is 348 g/mol. The molecule has 126 valence electrons. The predicted molar refractivity (Wildman–Crippen MR) is 75.9 cm³/mol. The van der Waals surface area contributed by atoms with Gasteiger partial charge >= 0.3 is 6.18 Å². The normalized spacial score (nSPS) is 28.4. The molecule has 1 aliphatic carbocycles. The standard InChI is InChI=1S/C14H15F3N2O3S/c15-14(16,17)13(20)11-8-4-5-9-12(11)18-19(13)23(21,22)10-6-2-1-3-7-10/h1-3,6-7,11,20H,4-5,8-9H2/t11-,13+/m1/s1. The van der Waals surface area contributed by atoms with Crippen LogP contribution in [-0.2, 0) is 10.0 Å². The Balaban J connectivity index is 2.14. The van der Waals surface area contributed by atoms with Crippen LogP contribution in [0.5, 0.6) is 0 Å². The molecule has 1 aromatic rings. The highest BCUT2D eigenvalue weighted by atomic mass is 32.2. The highest BCUT2D eigenvalue weighted by molar-refractivity contribution is 7.89. The van der Waals surface area contributed by atoms with Gasteiger partial charge in [-0.2, -0.15) is 26.7 Å². The number of halogens is 3. The maximum absolute atomic E-state index is 13.6. The van der Waals surface area contributed by atoms with Crippen LogP contribution in [0.1, 0.15) is 25.7 Å². The Kier molecular flexibility index (Phi) is 3.68. The molecular formula is C14H15F3N2O3S. The molecule has 1 N–H and O–H groups in total. The second kappa shape index (κ2) is 5.20. The number of hydrogen-bond donors (Lipinski definition) is 1. The van der Waals surface area contributed by atoms with Crippen molar-refractivity contribution in [3.63, 3.8) is 0 Å². The first-order valence-corrected chi connectivity index (χ1v) is 8.60. The molecule has 1 aliphatic heterocycles. The summed E-state index contributed by atoms with van der Waals surface area (Å²) in [6.45, 7) is 0. The molecule has 5 nitrogen and oxygen atoms in total. The van der Waals surface area contributed by atoms with Crippen molar-refractivity contribution < 1.29 is 26.7 Å². The molecule has 0 aromatic heterocycles. The lowest BCUT2D eigenvalue weighted by Gasteiger charge is -2.38. The third-order valence-corrected chi connectivity index (χ3v) is 5.94. The lowest BCUT2D eigenvalue weighted by molar-refractivity contribution is -0.306. The van der Waals surface area contributed by atoms with Crippen molar-refractivity contribution in [2.75, 3.05) is 0 Å². The lowest BCUT2D eigenvalue weighted by Crippen LogP contribution is -2.61. The van der Waals surface area contributed by atoms with Gasteiger partial charge in [0.25, 0.3) is 15.7 Å². The van der Waals surface area contributed by atoms with Crippen LogP contribution in [0.3, 0.4) is 0 Å². The molecule has 23 heavy (non-hydrogen) atoms. The number of hydrogen-bond acceptors (Lipinski definition) is 4. The maximum atomic E-state index is 13.6. The molecule has 0 unspecified atom stereocenters. The van der Waals surface area contributed by atoms with Crippen LogP contribution in [0.2, 0.25) is 0 Å². The van der Waals surface area contributed by atoms with Crippen LogP contribution in [0.15, 0.2) is 40.3 Å². The maximum Gasteiger partial charge on any atom is 0.439 e. The van der Waals surface area contributed by atoms with Crippen molar-refractivity contribution in [3.05, 3.63) is 30.3 Å². The number of aliphatic hydroxyl groups is 1. The van der Waals surface area contributed by atoms with E-state index in [9.17, 15) is 26.7 Å². The van der Waals surface area contributed by atoms with Gasteiger partial charge in [0, 0.05) is 5.71 Å². The first kappa shape index (κ1) is 16.3. The quantitative estimate of drug-likeness (QED) is 0.893. The molecule has 1 fully saturated rings. The number of sulfonamides is 1. The van der Waals surface area contributed by atoms with Crippen LogP contribution < -0.4 is 0 Å². The lowest BCUT2D eigenvalue weighted by atomic mass is 9.81. The minimum Gasteiger partial charge on any atom is -0.361 e. The largest absolute Gasteiger partial charge is 0.439 e. The molecule has 1 saturated carbocycles. The average molecular weight is 348 g/mol. The Labute approximate surface area is 131 Å². The summed E-state index contributed by atoms with van der Waals surface area (Å²) in [6.07, 6.45) is -3.73. The van der Waals surface area contributed by atoms with E-state index < -0.39 is 27.8 Å². The van der Waals surface area contributed by atoms with Crippen molar-refractivity contribution in [2.45, 2.75) is 42.5 Å². The second-order valence-corrected chi connectivity index (χ2v) is 7.44. The zero-order valence-corrected chi connectivity index (χ0v) is 12.8. The van der Waals surface area contributed by atoms with Gasteiger partial charge in [-0.1, -0.05) is 24.6 Å². The Morgan fingerprint density at radius 1 is 1.22 bits per heavy atom. The molecule has 2 aliphatic rings. The topological polar surface area (TPSA) is 70.0 Å². The summed E-state index contributed by atoms with van der Waals surface area (Å²) in [7, 11) is -4.61. The summed E-state index contributed by atoms with van der Waals surface area (Å²) < 4.78 is 65.8. The SMILES string of the molecule is O=S(=O)(c1ccccc1)N1N=C2CCCC[C@H]2[C@]1(O)C(F)(F)F. The fourth-order valence-electron chi connectivity index (χ4n) is 3.11. The molecule has 1 aromatic carbocycles. The van der Waals surface area contributed by atoms with Gasteiger partial charge < -0.3 is 5.11 Å². The predicted octanol–water partition coefficient (Wildman–Crippen LogP) is 2.49. The third-order valence-electron chi connectivity index (χ3n) is 4.26. The van der Waals surface area contributed by atoms with E-state index in [1.54, 1.807) is 6.07 Å². The molecule has 9 heteroatoms. The van der Waals surface area contributed by atoms with E-state index in [2.05, 4.69) is 5.10 Å². The average Bonchev–Trinajstić information content (AvgIpc) is 2.84. The minimum absolute atomic E-state index is 0.0512. The highest BCUT2D eigenvalue weighted by Gasteiger charge is 2.69. The summed E-state index contributed by atoms with van der Waals surface area (Å²) in [5.41, 5.74) is -3.44. The molecule has 0 bridgehead atoms. The molecule has 0 radical (unpaired) electrons. The van der Waals surface area contributed by atoms with E-state index in [0.29, 0.717) is 12.8 Å². The van der Waals surface area contributed by atoms with Gasteiger partial charge in [0.15, 0.2) is 0 Å².